The van der Waals surface area contributed by atoms with E-state index in [1.165, 1.54) is 6.07 Å². The number of hydrogen-bond acceptors (Lipinski definition) is 5. The molecule has 2 N–H and O–H groups in total. The van der Waals surface area contributed by atoms with Crippen LogP contribution in [0, 0.1) is 11.7 Å². The summed E-state index contributed by atoms with van der Waals surface area (Å²) in [7, 11) is -3.67. The van der Waals surface area contributed by atoms with Crippen molar-refractivity contribution in [1.29, 1.82) is 0 Å². The van der Waals surface area contributed by atoms with E-state index in [1.807, 2.05) is 13.0 Å². The summed E-state index contributed by atoms with van der Waals surface area (Å²) in [6.45, 7) is 4.76. The number of thioether (sulfide) groups is 1. The number of carbonyl (C=O) groups is 1. The number of hydrogen-bond donors (Lipinski definition) is 2. The third-order valence-electron chi connectivity index (χ3n) is 5.90. The number of sulfonamides is 1. The minimum atomic E-state index is -3.67. The second-order valence-corrected chi connectivity index (χ2v) is 11.8. The summed E-state index contributed by atoms with van der Waals surface area (Å²) in [4.78, 5) is 15.3. The van der Waals surface area contributed by atoms with E-state index < -0.39 is 10.0 Å². The molecule has 0 bridgehead atoms. The Balaban J connectivity index is 1.32. The molecule has 2 heterocycles. The van der Waals surface area contributed by atoms with Gasteiger partial charge in [-0.25, -0.2) is 17.5 Å². The van der Waals surface area contributed by atoms with E-state index in [-0.39, 0.29) is 27.8 Å². The predicted octanol–water partition coefficient (Wildman–Crippen LogP) is 3.84. The standard InChI is InChI=1S/C23H28FN3O3S2/c1-16-11-23(28)26-21-13-20(5-6-22(21)31-16)32(29,30)25-14-17-7-9-27(10-8-17)15-18-3-2-4-19(24)12-18/h2-6,12-13,16-17,25H,7-11,14-15H2,1H3,(H,26,28)/t16-/m0/s1. The second kappa shape index (κ2) is 9.91. The zero-order valence-corrected chi connectivity index (χ0v) is 19.6. The van der Waals surface area contributed by atoms with Gasteiger partial charge in [0.1, 0.15) is 5.82 Å². The number of halogens is 1. The number of likely N-dealkylation sites (tertiary alicyclic amines) is 1. The topological polar surface area (TPSA) is 78.5 Å². The van der Waals surface area contributed by atoms with Gasteiger partial charge in [-0.15, -0.1) is 11.8 Å². The zero-order chi connectivity index (χ0) is 22.7. The Morgan fingerprint density at radius 3 is 2.72 bits per heavy atom. The number of rotatable bonds is 6. The largest absolute Gasteiger partial charge is 0.325 e. The van der Waals surface area contributed by atoms with Crippen LogP contribution in [0.25, 0.3) is 0 Å². The normalized spacial score (nSPS) is 20.4. The fourth-order valence-corrected chi connectivity index (χ4v) is 6.34. The van der Waals surface area contributed by atoms with Crippen LogP contribution < -0.4 is 10.0 Å². The first-order chi connectivity index (χ1) is 15.3. The highest BCUT2D eigenvalue weighted by Crippen LogP contribution is 2.36. The fraction of sp³-hybridized carbons (Fsp3) is 0.435. The molecule has 32 heavy (non-hydrogen) atoms. The van der Waals surface area contributed by atoms with Crippen molar-refractivity contribution in [2.24, 2.45) is 5.92 Å². The molecule has 4 rings (SSSR count). The summed E-state index contributed by atoms with van der Waals surface area (Å²) in [6.07, 6.45) is 2.16. The molecule has 172 valence electrons. The van der Waals surface area contributed by atoms with Crippen LogP contribution >= 0.6 is 11.8 Å². The molecule has 0 radical (unpaired) electrons. The van der Waals surface area contributed by atoms with Gasteiger partial charge >= 0.3 is 0 Å². The molecule has 2 aliphatic rings. The van der Waals surface area contributed by atoms with Crippen molar-refractivity contribution in [2.45, 2.75) is 47.8 Å². The molecule has 2 aromatic rings. The van der Waals surface area contributed by atoms with Crippen molar-refractivity contribution in [3.8, 4) is 0 Å². The van der Waals surface area contributed by atoms with E-state index in [1.54, 1.807) is 42.1 Å². The van der Waals surface area contributed by atoms with Crippen LogP contribution in [0.3, 0.4) is 0 Å². The lowest BCUT2D eigenvalue weighted by molar-refractivity contribution is -0.116. The number of nitrogens with one attached hydrogen (secondary N) is 2. The van der Waals surface area contributed by atoms with Crippen LogP contribution in [-0.2, 0) is 21.4 Å². The smallest absolute Gasteiger partial charge is 0.240 e. The van der Waals surface area contributed by atoms with Crippen LogP contribution in [0.2, 0.25) is 0 Å². The SMILES string of the molecule is C[C@H]1CC(=O)Nc2cc(S(=O)(=O)NCC3CCN(Cc4cccc(F)c4)CC3)ccc2S1. The Hall–Kier alpha value is -1.94. The van der Waals surface area contributed by atoms with Crippen molar-refractivity contribution in [3.63, 3.8) is 0 Å². The van der Waals surface area contributed by atoms with Crippen molar-refractivity contribution in [2.75, 3.05) is 25.0 Å². The number of anilines is 1. The number of fused-ring (bicyclic) bond motifs is 1. The molecular formula is C23H28FN3O3S2. The lowest BCUT2D eigenvalue weighted by atomic mass is 9.97. The maximum atomic E-state index is 13.4. The minimum absolute atomic E-state index is 0.101. The molecule has 0 aliphatic carbocycles. The van der Waals surface area contributed by atoms with Gasteiger partial charge in [-0.05, 0) is 67.7 Å². The van der Waals surface area contributed by atoms with Gasteiger partial charge in [0, 0.05) is 29.7 Å². The average Bonchev–Trinajstić information content (AvgIpc) is 2.89. The Labute approximate surface area is 193 Å². The van der Waals surface area contributed by atoms with Gasteiger partial charge in [0.05, 0.1) is 10.6 Å². The molecule has 0 unspecified atom stereocenters. The van der Waals surface area contributed by atoms with Gasteiger partial charge < -0.3 is 5.32 Å². The van der Waals surface area contributed by atoms with Crippen molar-refractivity contribution >= 4 is 33.4 Å². The van der Waals surface area contributed by atoms with Crippen molar-refractivity contribution in [3.05, 3.63) is 53.8 Å². The molecule has 0 aromatic heterocycles. The van der Waals surface area contributed by atoms with Gasteiger partial charge in [0.25, 0.3) is 0 Å². The first-order valence-corrected chi connectivity index (χ1v) is 13.2. The van der Waals surface area contributed by atoms with E-state index in [2.05, 4.69) is 14.9 Å². The molecule has 1 amide bonds. The minimum Gasteiger partial charge on any atom is -0.325 e. The first kappa shape index (κ1) is 23.2. The van der Waals surface area contributed by atoms with E-state index in [9.17, 15) is 17.6 Å². The third kappa shape index (κ3) is 5.89. The van der Waals surface area contributed by atoms with Gasteiger partial charge in [0.2, 0.25) is 15.9 Å². The molecule has 6 nitrogen and oxygen atoms in total. The highest BCUT2D eigenvalue weighted by molar-refractivity contribution is 8.00. The maximum Gasteiger partial charge on any atom is 0.240 e. The molecule has 1 fully saturated rings. The van der Waals surface area contributed by atoms with E-state index in [4.69, 9.17) is 0 Å². The van der Waals surface area contributed by atoms with Gasteiger partial charge in [-0.2, -0.15) is 0 Å². The van der Waals surface area contributed by atoms with Gasteiger partial charge in [0.15, 0.2) is 0 Å². The fourth-order valence-electron chi connectivity index (χ4n) is 4.15. The number of benzene rings is 2. The summed E-state index contributed by atoms with van der Waals surface area (Å²) < 4.78 is 41.8. The van der Waals surface area contributed by atoms with E-state index >= 15 is 0 Å². The lowest BCUT2D eigenvalue weighted by Crippen LogP contribution is -2.38. The van der Waals surface area contributed by atoms with Crippen LogP contribution in [0.1, 0.15) is 31.7 Å². The molecule has 2 aliphatic heterocycles. The van der Waals surface area contributed by atoms with Crippen LogP contribution in [0.4, 0.5) is 10.1 Å². The van der Waals surface area contributed by atoms with E-state index in [0.717, 1.165) is 36.4 Å². The highest BCUT2D eigenvalue weighted by atomic mass is 32.2. The summed E-state index contributed by atoms with van der Waals surface area (Å²) in [5, 5.41) is 2.96. The Bertz CT molecular complexity index is 1090. The van der Waals surface area contributed by atoms with Gasteiger partial charge in [-0.3, -0.25) is 9.69 Å². The molecule has 0 saturated carbocycles. The highest BCUT2D eigenvalue weighted by Gasteiger charge is 2.24. The van der Waals surface area contributed by atoms with Crippen LogP contribution in [0.5, 0.6) is 0 Å². The quantitative estimate of drug-likeness (QED) is 0.661. The van der Waals surface area contributed by atoms with E-state index in [0.29, 0.717) is 25.2 Å². The van der Waals surface area contributed by atoms with Crippen LogP contribution in [0.15, 0.2) is 52.3 Å². The molecule has 1 saturated heterocycles. The lowest BCUT2D eigenvalue weighted by Gasteiger charge is -2.32. The first-order valence-electron chi connectivity index (χ1n) is 10.9. The molecule has 0 spiro atoms. The molecule has 2 aromatic carbocycles. The monoisotopic (exact) mass is 477 g/mol. The molecule has 1 atom stereocenters. The Kier molecular flexibility index (Phi) is 7.19. The summed E-state index contributed by atoms with van der Waals surface area (Å²) in [5.74, 6) is -0.0704. The predicted molar refractivity (Wildman–Crippen MR) is 125 cm³/mol. The number of nitrogens with zero attached hydrogens (tertiary/aromatic N) is 1. The second-order valence-electron chi connectivity index (χ2n) is 8.54. The molecular weight excluding hydrogens is 449 g/mol. The number of carbonyl (C=O) groups excluding carboxylic acids is 1. The van der Waals surface area contributed by atoms with Crippen molar-refractivity contribution in [1.82, 2.24) is 9.62 Å². The average molecular weight is 478 g/mol. The van der Waals surface area contributed by atoms with Crippen LogP contribution in [-0.4, -0.2) is 44.1 Å². The maximum absolute atomic E-state index is 13.4. The summed E-state index contributed by atoms with van der Waals surface area (Å²) in [5.41, 5.74) is 1.50. The van der Waals surface area contributed by atoms with Gasteiger partial charge in [-0.1, -0.05) is 19.1 Å². The number of amides is 1. The summed E-state index contributed by atoms with van der Waals surface area (Å²) in [6, 6.07) is 11.6. The third-order valence-corrected chi connectivity index (χ3v) is 8.50. The Morgan fingerprint density at radius 1 is 1.19 bits per heavy atom. The van der Waals surface area contributed by atoms with Crippen molar-refractivity contribution < 1.29 is 17.6 Å². The number of piperidine rings is 1. The Morgan fingerprint density at radius 2 is 1.97 bits per heavy atom. The zero-order valence-electron chi connectivity index (χ0n) is 18.0. The summed E-state index contributed by atoms with van der Waals surface area (Å²) >= 11 is 1.57. The molecule has 9 heteroatoms.